The number of nitrogens with one attached hydrogen (secondary N) is 1. The topological polar surface area (TPSA) is 139 Å². The van der Waals surface area contributed by atoms with Gasteiger partial charge in [-0.3, -0.25) is 9.59 Å². The van der Waals surface area contributed by atoms with Crippen LogP contribution in [0.3, 0.4) is 0 Å². The monoisotopic (exact) mass is 492 g/mol. The van der Waals surface area contributed by atoms with Crippen LogP contribution in [0.1, 0.15) is 27.6 Å². The minimum absolute atomic E-state index is 0.0416. The number of hydrogen-bond donors (Lipinski definition) is 1. The molecule has 0 radical (unpaired) electrons. The number of esters is 1. The zero-order valence-corrected chi connectivity index (χ0v) is 19.2. The second-order valence-electron chi connectivity index (χ2n) is 7.93. The van der Waals surface area contributed by atoms with E-state index in [1.165, 1.54) is 28.2 Å². The van der Waals surface area contributed by atoms with Gasteiger partial charge in [0.2, 0.25) is 0 Å². The highest BCUT2D eigenvalue weighted by Crippen LogP contribution is 2.26. The van der Waals surface area contributed by atoms with Crippen molar-refractivity contribution < 1.29 is 23.5 Å². The molecule has 1 N–H and O–H groups in total. The summed E-state index contributed by atoms with van der Waals surface area (Å²) in [7, 11) is 0. The zero-order chi connectivity index (χ0) is 25.2. The summed E-state index contributed by atoms with van der Waals surface area (Å²) in [6.07, 6.45) is 6.82. The number of hydrogen-bond acceptors (Lipinski definition) is 9. The summed E-state index contributed by atoms with van der Waals surface area (Å²) in [5.74, 6) is -2.10. The quantitative estimate of drug-likeness (QED) is 0.240. The van der Waals surface area contributed by atoms with Crippen molar-refractivity contribution >= 4 is 34.4 Å². The second kappa shape index (κ2) is 9.52. The normalized spacial score (nSPS) is 13.7. The molecule has 1 aliphatic heterocycles. The van der Waals surface area contributed by atoms with Crippen LogP contribution in [0.4, 0.5) is 10.2 Å². The van der Waals surface area contributed by atoms with Gasteiger partial charge in [0.25, 0.3) is 11.7 Å². The highest BCUT2D eigenvalue weighted by molar-refractivity contribution is 6.45. The van der Waals surface area contributed by atoms with Gasteiger partial charge in [0.05, 0.1) is 41.7 Å². The fourth-order valence-electron chi connectivity index (χ4n) is 4.17. The Hall–Kier alpha value is -4.68. The van der Waals surface area contributed by atoms with E-state index < -0.39 is 23.5 Å². The highest BCUT2D eigenvalue weighted by atomic mass is 19.1. The molecule has 5 rings (SSSR count). The third-order valence-corrected chi connectivity index (χ3v) is 5.87. The van der Waals surface area contributed by atoms with Gasteiger partial charge >= 0.3 is 5.97 Å². The fraction of sp³-hybridized carbons (Fsp3) is 0.261. The molecule has 4 aromatic heterocycles. The molecule has 1 aliphatic rings. The lowest BCUT2D eigenvalue weighted by molar-refractivity contribution is -0.126. The van der Waals surface area contributed by atoms with Gasteiger partial charge in [0.15, 0.2) is 11.6 Å². The Morgan fingerprint density at radius 2 is 1.89 bits per heavy atom. The van der Waals surface area contributed by atoms with Crippen molar-refractivity contribution in [1.29, 1.82) is 0 Å². The van der Waals surface area contributed by atoms with E-state index in [9.17, 15) is 18.8 Å². The van der Waals surface area contributed by atoms with Gasteiger partial charge in [-0.1, -0.05) is 5.21 Å². The number of pyridine rings is 2. The van der Waals surface area contributed by atoms with Gasteiger partial charge in [-0.25, -0.2) is 23.8 Å². The summed E-state index contributed by atoms with van der Waals surface area (Å²) in [6, 6.07) is 3.29. The van der Waals surface area contributed by atoms with Crippen LogP contribution in [0.15, 0.2) is 43.1 Å². The van der Waals surface area contributed by atoms with E-state index in [-0.39, 0.29) is 42.0 Å². The number of ketones is 1. The Kier molecular flexibility index (Phi) is 6.10. The molecule has 13 heteroatoms. The first-order chi connectivity index (χ1) is 17.5. The molecule has 0 spiro atoms. The van der Waals surface area contributed by atoms with Crippen LogP contribution in [0.25, 0.3) is 16.7 Å². The molecule has 0 aromatic carbocycles. The Bertz CT molecular complexity index is 1440. The zero-order valence-electron chi connectivity index (χ0n) is 19.2. The maximum atomic E-state index is 14.7. The van der Waals surface area contributed by atoms with Gasteiger partial charge in [-0.15, -0.1) is 5.10 Å². The lowest BCUT2D eigenvalue weighted by Gasteiger charge is -2.35. The van der Waals surface area contributed by atoms with Gasteiger partial charge in [-0.05, 0) is 19.1 Å². The SMILES string of the molecule is CCOC(=O)c1cccnc1N1CCN(C(=O)C(=O)c2c[nH]c3c(-n4ccnn4)ncc(F)c23)CC1. The molecule has 0 saturated carbocycles. The maximum Gasteiger partial charge on any atom is 0.341 e. The number of Topliss-reactive ketones (excluding diaryl/α,β-unsaturated/α-hetero) is 1. The molecule has 36 heavy (non-hydrogen) atoms. The van der Waals surface area contributed by atoms with E-state index >= 15 is 0 Å². The first-order valence-corrected chi connectivity index (χ1v) is 11.2. The molecule has 0 aliphatic carbocycles. The van der Waals surface area contributed by atoms with Gasteiger partial charge in [0.1, 0.15) is 11.4 Å². The Morgan fingerprint density at radius 3 is 2.61 bits per heavy atom. The minimum atomic E-state index is -0.839. The Morgan fingerprint density at radius 1 is 1.08 bits per heavy atom. The molecule has 1 fully saturated rings. The third kappa shape index (κ3) is 4.04. The number of anilines is 1. The second-order valence-corrected chi connectivity index (χ2v) is 7.93. The number of piperazine rings is 1. The van der Waals surface area contributed by atoms with Crippen LogP contribution in [-0.2, 0) is 9.53 Å². The average molecular weight is 492 g/mol. The molecule has 4 aromatic rings. The van der Waals surface area contributed by atoms with Crippen molar-refractivity contribution in [3.63, 3.8) is 0 Å². The van der Waals surface area contributed by atoms with Crippen LogP contribution in [0.2, 0.25) is 0 Å². The number of amides is 1. The molecule has 184 valence electrons. The van der Waals surface area contributed by atoms with Gasteiger partial charge in [-0.2, -0.15) is 0 Å². The number of nitrogens with zero attached hydrogens (tertiary/aromatic N) is 7. The molecule has 5 heterocycles. The van der Waals surface area contributed by atoms with Crippen molar-refractivity contribution in [2.75, 3.05) is 37.7 Å². The Balaban J connectivity index is 1.34. The molecule has 1 saturated heterocycles. The van der Waals surface area contributed by atoms with Crippen molar-refractivity contribution in [3.8, 4) is 5.82 Å². The van der Waals surface area contributed by atoms with Crippen LogP contribution in [-0.4, -0.2) is 85.3 Å². The molecule has 0 unspecified atom stereocenters. The number of carbonyl (C=O) groups is 3. The van der Waals surface area contributed by atoms with E-state index in [0.717, 1.165) is 6.20 Å². The van der Waals surface area contributed by atoms with E-state index in [1.807, 2.05) is 4.90 Å². The number of H-pyrrole nitrogens is 1. The molecule has 1 amide bonds. The smallest absolute Gasteiger partial charge is 0.341 e. The third-order valence-electron chi connectivity index (χ3n) is 5.87. The summed E-state index contributed by atoms with van der Waals surface area (Å²) in [6.45, 7) is 3.11. The summed E-state index contributed by atoms with van der Waals surface area (Å²) in [5.41, 5.74) is 0.470. The first-order valence-electron chi connectivity index (χ1n) is 11.2. The lowest BCUT2D eigenvalue weighted by atomic mass is 10.1. The average Bonchev–Trinajstić information content (AvgIpc) is 3.60. The number of halogens is 1. The fourth-order valence-corrected chi connectivity index (χ4v) is 4.17. The van der Waals surface area contributed by atoms with Crippen molar-refractivity contribution in [3.05, 3.63) is 60.1 Å². The maximum absolute atomic E-state index is 14.7. The molecular weight excluding hydrogens is 471 g/mol. The van der Waals surface area contributed by atoms with E-state index in [0.29, 0.717) is 24.5 Å². The van der Waals surface area contributed by atoms with Crippen LogP contribution < -0.4 is 4.90 Å². The summed E-state index contributed by atoms with van der Waals surface area (Å²) in [5, 5.41) is 7.52. The first kappa shape index (κ1) is 23.1. The minimum Gasteiger partial charge on any atom is -0.462 e. The van der Waals surface area contributed by atoms with Crippen molar-refractivity contribution in [1.82, 2.24) is 34.8 Å². The molecule has 0 bridgehead atoms. The largest absolute Gasteiger partial charge is 0.462 e. The van der Waals surface area contributed by atoms with Crippen molar-refractivity contribution in [2.45, 2.75) is 6.92 Å². The number of aromatic amines is 1. The lowest BCUT2D eigenvalue weighted by Crippen LogP contribution is -2.51. The van der Waals surface area contributed by atoms with E-state index in [2.05, 4.69) is 25.3 Å². The number of aromatic nitrogens is 6. The summed E-state index contributed by atoms with van der Waals surface area (Å²) in [4.78, 5) is 52.9. The number of rotatable bonds is 6. The van der Waals surface area contributed by atoms with Crippen molar-refractivity contribution in [2.24, 2.45) is 0 Å². The Labute approximate surface area is 203 Å². The predicted octanol–water partition coefficient (Wildman–Crippen LogP) is 1.39. The standard InChI is InChI=1S/C23H21FN8O4/c1-2-36-23(35)14-4-3-5-25-20(14)30-8-10-31(11-9-30)22(34)19(33)15-12-26-18-17(15)16(24)13-27-21(18)32-7-6-28-29-32/h3-7,12-13,26H,2,8-11H2,1H3. The highest BCUT2D eigenvalue weighted by Gasteiger charge is 2.31. The van der Waals surface area contributed by atoms with Crippen LogP contribution >= 0.6 is 0 Å². The van der Waals surface area contributed by atoms with Gasteiger partial charge < -0.3 is 19.5 Å². The predicted molar refractivity (Wildman–Crippen MR) is 124 cm³/mol. The van der Waals surface area contributed by atoms with E-state index in [4.69, 9.17) is 4.74 Å². The molecule has 0 atom stereocenters. The summed E-state index contributed by atoms with van der Waals surface area (Å²) < 4.78 is 21.1. The van der Waals surface area contributed by atoms with Crippen LogP contribution in [0.5, 0.6) is 0 Å². The van der Waals surface area contributed by atoms with E-state index in [1.54, 1.807) is 25.3 Å². The molecular formula is C23H21FN8O4. The number of carbonyl (C=O) groups excluding carboxylic acids is 3. The van der Waals surface area contributed by atoms with Crippen LogP contribution in [0, 0.1) is 5.82 Å². The molecule has 12 nitrogen and oxygen atoms in total. The van der Waals surface area contributed by atoms with Gasteiger partial charge in [0, 0.05) is 38.6 Å². The number of ether oxygens (including phenoxy) is 1. The number of fused-ring (bicyclic) bond motifs is 1. The summed E-state index contributed by atoms with van der Waals surface area (Å²) >= 11 is 0.